The van der Waals surface area contributed by atoms with Gasteiger partial charge in [0.15, 0.2) is 0 Å². The third kappa shape index (κ3) is 2.21. The molecule has 1 aliphatic heterocycles. The molecule has 0 nitrogen and oxygen atoms in total. The van der Waals surface area contributed by atoms with Crippen molar-refractivity contribution < 1.29 is 0 Å². The zero-order valence-corrected chi connectivity index (χ0v) is 11.6. The molecule has 0 N–H and O–H groups in total. The molecule has 1 rings (SSSR count). The molecule has 0 aromatic rings. The molecule has 1 atom stereocenters. The van der Waals surface area contributed by atoms with Crippen molar-refractivity contribution in [3.05, 3.63) is 11.1 Å². The standard InChI is InChI=1S/C11H22SSi/c1-9-7-11(3,13(4,5)6)12-8-10(9)2/h7-8H2,1-6H3. The smallest absolute Gasteiger partial charge is 0.0626 e. The summed E-state index contributed by atoms with van der Waals surface area (Å²) in [7, 11) is -1.02. The van der Waals surface area contributed by atoms with Gasteiger partial charge in [-0.3, -0.25) is 0 Å². The van der Waals surface area contributed by atoms with Gasteiger partial charge in [-0.25, -0.2) is 0 Å². The Labute approximate surface area is 88.2 Å². The van der Waals surface area contributed by atoms with Crippen LogP contribution in [0.1, 0.15) is 27.2 Å². The fraction of sp³-hybridized carbons (Fsp3) is 0.818. The van der Waals surface area contributed by atoms with Crippen LogP contribution in [-0.2, 0) is 0 Å². The van der Waals surface area contributed by atoms with E-state index in [1.807, 2.05) is 0 Å². The van der Waals surface area contributed by atoms with Gasteiger partial charge in [0.1, 0.15) is 0 Å². The summed E-state index contributed by atoms with van der Waals surface area (Å²) in [5, 5.41) is 0. The van der Waals surface area contributed by atoms with Crippen LogP contribution in [0.4, 0.5) is 0 Å². The van der Waals surface area contributed by atoms with Gasteiger partial charge in [-0.05, 0) is 20.3 Å². The van der Waals surface area contributed by atoms with Crippen molar-refractivity contribution >= 4 is 19.8 Å². The highest BCUT2D eigenvalue weighted by atomic mass is 32.2. The molecule has 0 aromatic carbocycles. The molecule has 0 fully saturated rings. The van der Waals surface area contributed by atoms with Crippen LogP contribution >= 0.6 is 11.8 Å². The molecule has 0 amide bonds. The van der Waals surface area contributed by atoms with Gasteiger partial charge < -0.3 is 0 Å². The van der Waals surface area contributed by atoms with Crippen LogP contribution in [0.2, 0.25) is 19.6 Å². The second-order valence-electron chi connectivity index (χ2n) is 5.51. The third-order valence-electron chi connectivity index (χ3n) is 3.52. The number of hydrogen-bond acceptors (Lipinski definition) is 1. The van der Waals surface area contributed by atoms with Gasteiger partial charge >= 0.3 is 0 Å². The quantitative estimate of drug-likeness (QED) is 0.468. The first-order chi connectivity index (χ1) is 5.76. The third-order valence-corrected chi connectivity index (χ3v) is 10.5. The van der Waals surface area contributed by atoms with E-state index in [4.69, 9.17) is 0 Å². The van der Waals surface area contributed by atoms with Crippen LogP contribution in [0, 0.1) is 0 Å². The monoisotopic (exact) mass is 214 g/mol. The second-order valence-corrected chi connectivity index (χ2v) is 13.0. The minimum atomic E-state index is -1.02. The molecule has 0 bridgehead atoms. The van der Waals surface area contributed by atoms with E-state index in [0.717, 1.165) is 0 Å². The summed E-state index contributed by atoms with van der Waals surface area (Å²) in [6.07, 6.45) is 1.32. The molecule has 0 radical (unpaired) electrons. The Morgan fingerprint density at radius 3 is 2.08 bits per heavy atom. The van der Waals surface area contributed by atoms with Crippen LogP contribution in [0.25, 0.3) is 0 Å². The van der Waals surface area contributed by atoms with Gasteiger partial charge in [0, 0.05) is 10.1 Å². The van der Waals surface area contributed by atoms with Crippen molar-refractivity contribution in [2.45, 2.75) is 51.2 Å². The topological polar surface area (TPSA) is 0 Å². The molecule has 76 valence electrons. The van der Waals surface area contributed by atoms with Crippen LogP contribution < -0.4 is 0 Å². The number of thioether (sulfide) groups is 1. The summed E-state index contributed by atoms with van der Waals surface area (Å²) < 4.78 is 0.566. The number of allylic oxidation sites excluding steroid dienone is 1. The fourth-order valence-electron chi connectivity index (χ4n) is 1.58. The van der Waals surface area contributed by atoms with Crippen molar-refractivity contribution in [3.8, 4) is 0 Å². The highest BCUT2D eigenvalue weighted by molar-refractivity contribution is 8.02. The molecule has 2 heteroatoms. The predicted octanol–water partition coefficient (Wildman–Crippen LogP) is 4.10. The lowest BCUT2D eigenvalue weighted by Crippen LogP contribution is -2.48. The van der Waals surface area contributed by atoms with Crippen molar-refractivity contribution in [2.24, 2.45) is 0 Å². The van der Waals surface area contributed by atoms with Crippen LogP contribution in [0.15, 0.2) is 11.1 Å². The zero-order chi connectivity index (χ0) is 10.3. The van der Waals surface area contributed by atoms with E-state index in [9.17, 15) is 0 Å². The Hall–Kier alpha value is 0.307. The first kappa shape index (κ1) is 11.4. The van der Waals surface area contributed by atoms with Gasteiger partial charge in [-0.2, -0.15) is 11.8 Å². The maximum atomic E-state index is 2.49. The highest BCUT2D eigenvalue weighted by Gasteiger charge is 2.41. The summed E-state index contributed by atoms with van der Waals surface area (Å²) in [5.74, 6) is 1.26. The van der Waals surface area contributed by atoms with E-state index in [1.165, 1.54) is 12.2 Å². The van der Waals surface area contributed by atoms with E-state index in [1.54, 1.807) is 11.1 Å². The molecule has 0 saturated heterocycles. The lowest BCUT2D eigenvalue weighted by atomic mass is 10.1. The molecule has 1 heterocycles. The van der Waals surface area contributed by atoms with E-state index in [2.05, 4.69) is 52.2 Å². The summed E-state index contributed by atoms with van der Waals surface area (Å²) >= 11 is 2.19. The molecule has 1 unspecified atom stereocenters. The molecule has 0 spiro atoms. The van der Waals surface area contributed by atoms with Gasteiger partial charge in [0.2, 0.25) is 0 Å². The van der Waals surface area contributed by atoms with Crippen molar-refractivity contribution in [1.82, 2.24) is 0 Å². The number of hydrogen-bond donors (Lipinski definition) is 0. The Morgan fingerprint density at radius 1 is 1.15 bits per heavy atom. The predicted molar refractivity (Wildman–Crippen MR) is 67.2 cm³/mol. The largest absolute Gasteiger partial charge is 0.154 e. The van der Waals surface area contributed by atoms with E-state index in [0.29, 0.717) is 4.37 Å². The molecule has 0 aliphatic carbocycles. The molecular weight excluding hydrogens is 192 g/mol. The van der Waals surface area contributed by atoms with E-state index < -0.39 is 8.07 Å². The molecular formula is C11H22SSi. The van der Waals surface area contributed by atoms with Crippen LogP contribution in [0.3, 0.4) is 0 Å². The van der Waals surface area contributed by atoms with E-state index in [-0.39, 0.29) is 0 Å². The molecule has 0 saturated carbocycles. The average Bonchev–Trinajstić information content (AvgIpc) is 1.95. The first-order valence-electron chi connectivity index (χ1n) is 5.05. The molecule has 1 aliphatic rings. The second kappa shape index (κ2) is 3.47. The highest BCUT2D eigenvalue weighted by Crippen LogP contribution is 2.44. The SMILES string of the molecule is CC1=C(C)CC(C)([Si](C)(C)C)SC1. The fourth-order valence-corrected chi connectivity index (χ4v) is 5.42. The lowest BCUT2D eigenvalue weighted by molar-refractivity contribution is 0.793. The maximum Gasteiger partial charge on any atom is 0.0626 e. The number of rotatable bonds is 1. The zero-order valence-electron chi connectivity index (χ0n) is 9.82. The Kier molecular flexibility index (Phi) is 3.03. The van der Waals surface area contributed by atoms with Crippen molar-refractivity contribution in [2.75, 3.05) is 5.75 Å². The van der Waals surface area contributed by atoms with Gasteiger partial charge in [-0.1, -0.05) is 37.7 Å². The Balaban J connectivity index is 2.88. The Morgan fingerprint density at radius 2 is 1.69 bits per heavy atom. The van der Waals surface area contributed by atoms with Gasteiger partial charge in [0.05, 0.1) is 8.07 Å². The Bertz CT molecular complexity index is 237. The average molecular weight is 214 g/mol. The first-order valence-corrected chi connectivity index (χ1v) is 9.54. The van der Waals surface area contributed by atoms with Gasteiger partial charge in [-0.15, -0.1) is 0 Å². The summed E-state index contributed by atoms with van der Waals surface area (Å²) in [6.45, 7) is 14.6. The molecule has 13 heavy (non-hydrogen) atoms. The lowest BCUT2D eigenvalue weighted by Gasteiger charge is -2.43. The minimum Gasteiger partial charge on any atom is -0.154 e. The molecule has 0 aromatic heterocycles. The minimum absolute atomic E-state index is 0.566. The normalized spacial score (nSPS) is 30.9. The van der Waals surface area contributed by atoms with Crippen LogP contribution in [-0.4, -0.2) is 18.2 Å². The van der Waals surface area contributed by atoms with Crippen molar-refractivity contribution in [3.63, 3.8) is 0 Å². The summed E-state index contributed by atoms with van der Waals surface area (Å²) in [6, 6.07) is 0. The van der Waals surface area contributed by atoms with E-state index >= 15 is 0 Å². The summed E-state index contributed by atoms with van der Waals surface area (Å²) in [4.78, 5) is 0. The van der Waals surface area contributed by atoms with Crippen molar-refractivity contribution in [1.29, 1.82) is 0 Å². The van der Waals surface area contributed by atoms with Crippen LogP contribution in [0.5, 0.6) is 0 Å². The maximum absolute atomic E-state index is 2.49. The van der Waals surface area contributed by atoms with Gasteiger partial charge in [0.25, 0.3) is 0 Å². The summed E-state index contributed by atoms with van der Waals surface area (Å²) in [5.41, 5.74) is 3.25.